The lowest BCUT2D eigenvalue weighted by Gasteiger charge is -2.12. The molecule has 5 nitrogen and oxygen atoms in total. The molecule has 0 fully saturated rings. The molecule has 0 bridgehead atoms. The summed E-state index contributed by atoms with van der Waals surface area (Å²) >= 11 is 0. The van der Waals surface area contributed by atoms with E-state index in [2.05, 4.69) is 24.0 Å². The van der Waals surface area contributed by atoms with Crippen LogP contribution in [0.3, 0.4) is 0 Å². The van der Waals surface area contributed by atoms with Crippen LogP contribution in [0.25, 0.3) is 0 Å². The smallest absolute Gasteiger partial charge is 0.360 e. The quantitative estimate of drug-likeness (QED) is 0.857. The largest absolute Gasteiger partial charge is 0.464 e. The van der Waals surface area contributed by atoms with Gasteiger partial charge in [0.05, 0.1) is 13.7 Å². The van der Waals surface area contributed by atoms with Gasteiger partial charge >= 0.3 is 5.97 Å². The van der Waals surface area contributed by atoms with E-state index in [4.69, 9.17) is 10.5 Å². The number of benzene rings is 1. The molecule has 1 aromatic heterocycles. The summed E-state index contributed by atoms with van der Waals surface area (Å²) in [6.07, 6.45) is 1.66. The molecule has 0 aliphatic rings. The van der Waals surface area contributed by atoms with Crippen LogP contribution in [0, 0.1) is 0 Å². The number of aryl methyl sites for hydroxylation is 2. The van der Waals surface area contributed by atoms with Gasteiger partial charge < -0.3 is 15.0 Å². The van der Waals surface area contributed by atoms with Crippen LogP contribution in [0.4, 0.5) is 5.82 Å². The molecule has 2 aromatic rings. The van der Waals surface area contributed by atoms with E-state index < -0.39 is 5.97 Å². The van der Waals surface area contributed by atoms with Gasteiger partial charge in [-0.2, -0.15) is 0 Å². The number of carbonyl (C=O) groups excluding carboxylic acids is 1. The van der Waals surface area contributed by atoms with E-state index in [1.54, 1.807) is 0 Å². The Hall–Kier alpha value is -2.30. The number of carbonyl (C=O) groups is 1. The van der Waals surface area contributed by atoms with Crippen molar-refractivity contribution in [2.24, 2.45) is 0 Å². The second-order valence-corrected chi connectivity index (χ2v) is 4.82. The third-order valence-corrected chi connectivity index (χ3v) is 3.61. The lowest BCUT2D eigenvalue weighted by molar-refractivity contribution is 0.0595. The monoisotopic (exact) mass is 287 g/mol. The minimum absolute atomic E-state index is 0.198. The summed E-state index contributed by atoms with van der Waals surface area (Å²) in [5, 5.41) is 0. The lowest BCUT2D eigenvalue weighted by atomic mass is 10.1. The standard InChI is InChI=1S/C16H21N3O2/c1-4-11-8-6-7-9-12(11)10-19-13(5-2)18-14(15(19)17)16(20)21-3/h6-9H,4-5,10,17H2,1-3H3. The summed E-state index contributed by atoms with van der Waals surface area (Å²) < 4.78 is 6.62. The van der Waals surface area contributed by atoms with E-state index in [-0.39, 0.29) is 5.69 Å². The van der Waals surface area contributed by atoms with Crippen molar-refractivity contribution in [2.75, 3.05) is 12.8 Å². The van der Waals surface area contributed by atoms with Crippen molar-refractivity contribution in [3.05, 3.63) is 46.9 Å². The van der Waals surface area contributed by atoms with Crippen LogP contribution in [-0.2, 0) is 24.1 Å². The molecule has 0 spiro atoms. The maximum atomic E-state index is 11.7. The van der Waals surface area contributed by atoms with Gasteiger partial charge in [-0.3, -0.25) is 0 Å². The molecule has 0 radical (unpaired) electrons. The number of hydrogen-bond donors (Lipinski definition) is 1. The predicted molar refractivity (Wildman–Crippen MR) is 82.3 cm³/mol. The molecule has 0 atom stereocenters. The van der Waals surface area contributed by atoms with Gasteiger partial charge in [-0.05, 0) is 17.5 Å². The fraction of sp³-hybridized carbons (Fsp3) is 0.375. The Balaban J connectivity index is 2.44. The number of methoxy groups -OCH3 is 1. The molecule has 0 saturated carbocycles. The third kappa shape index (κ3) is 2.91. The van der Waals surface area contributed by atoms with Gasteiger partial charge in [-0.25, -0.2) is 9.78 Å². The first kappa shape index (κ1) is 15.1. The highest BCUT2D eigenvalue weighted by Gasteiger charge is 2.20. The summed E-state index contributed by atoms with van der Waals surface area (Å²) in [4.78, 5) is 16.0. The summed E-state index contributed by atoms with van der Waals surface area (Å²) in [6.45, 7) is 4.73. The van der Waals surface area contributed by atoms with Crippen LogP contribution in [0.2, 0.25) is 0 Å². The number of esters is 1. The number of aromatic nitrogens is 2. The number of anilines is 1. The first-order valence-electron chi connectivity index (χ1n) is 7.12. The Morgan fingerprint density at radius 1 is 1.24 bits per heavy atom. The summed E-state index contributed by atoms with van der Waals surface area (Å²) in [5.41, 5.74) is 8.75. The SMILES string of the molecule is CCc1ccccc1Cn1c(CC)nc(C(=O)OC)c1N. The predicted octanol–water partition coefficient (Wildman–Crippen LogP) is 2.42. The minimum atomic E-state index is -0.496. The molecule has 0 unspecified atom stereocenters. The van der Waals surface area contributed by atoms with Crippen LogP contribution < -0.4 is 5.73 Å². The number of rotatable bonds is 5. The highest BCUT2D eigenvalue weighted by Crippen LogP contribution is 2.20. The van der Waals surface area contributed by atoms with E-state index in [9.17, 15) is 4.79 Å². The van der Waals surface area contributed by atoms with Crippen molar-refractivity contribution in [2.45, 2.75) is 33.2 Å². The fourth-order valence-corrected chi connectivity index (χ4v) is 2.43. The number of nitrogens with zero attached hydrogens (tertiary/aromatic N) is 2. The third-order valence-electron chi connectivity index (χ3n) is 3.61. The molecule has 0 aliphatic heterocycles. The van der Waals surface area contributed by atoms with Gasteiger partial charge in [-0.15, -0.1) is 0 Å². The number of hydrogen-bond acceptors (Lipinski definition) is 4. The van der Waals surface area contributed by atoms with E-state index in [0.717, 1.165) is 12.2 Å². The van der Waals surface area contributed by atoms with Gasteiger partial charge in [0.1, 0.15) is 11.6 Å². The molecule has 0 amide bonds. The van der Waals surface area contributed by atoms with Gasteiger partial charge in [0.2, 0.25) is 0 Å². The fourth-order valence-electron chi connectivity index (χ4n) is 2.43. The number of nitrogens with two attached hydrogens (primary N) is 1. The maximum Gasteiger partial charge on any atom is 0.360 e. The van der Waals surface area contributed by atoms with Crippen molar-refractivity contribution in [3.8, 4) is 0 Å². The molecule has 21 heavy (non-hydrogen) atoms. The molecule has 1 heterocycles. The van der Waals surface area contributed by atoms with Crippen LogP contribution in [0.15, 0.2) is 24.3 Å². The molecule has 1 aromatic carbocycles. The van der Waals surface area contributed by atoms with Crippen molar-refractivity contribution in [3.63, 3.8) is 0 Å². The zero-order chi connectivity index (χ0) is 15.4. The van der Waals surface area contributed by atoms with Crippen molar-refractivity contribution < 1.29 is 9.53 Å². The zero-order valence-electron chi connectivity index (χ0n) is 12.7. The zero-order valence-corrected chi connectivity index (χ0v) is 12.7. The van der Waals surface area contributed by atoms with Crippen molar-refractivity contribution in [1.82, 2.24) is 9.55 Å². The highest BCUT2D eigenvalue weighted by molar-refractivity contribution is 5.92. The lowest BCUT2D eigenvalue weighted by Crippen LogP contribution is -2.11. The topological polar surface area (TPSA) is 70.1 Å². The number of ether oxygens (including phenoxy) is 1. The van der Waals surface area contributed by atoms with Gasteiger partial charge in [0, 0.05) is 6.42 Å². The van der Waals surface area contributed by atoms with E-state index in [1.165, 1.54) is 18.2 Å². The Labute approximate surface area is 124 Å². The average Bonchev–Trinajstić information content (AvgIpc) is 2.83. The number of nitrogen functional groups attached to an aromatic ring is 1. The van der Waals surface area contributed by atoms with Crippen LogP contribution in [0.5, 0.6) is 0 Å². The summed E-state index contributed by atoms with van der Waals surface area (Å²) in [5.74, 6) is 0.660. The van der Waals surface area contributed by atoms with Crippen LogP contribution >= 0.6 is 0 Å². The Bertz CT molecular complexity index is 647. The van der Waals surface area contributed by atoms with Gasteiger partial charge in [0.25, 0.3) is 0 Å². The summed E-state index contributed by atoms with van der Waals surface area (Å²) in [7, 11) is 1.33. The minimum Gasteiger partial charge on any atom is -0.464 e. The van der Waals surface area contributed by atoms with Crippen LogP contribution in [0.1, 0.15) is 41.3 Å². The Morgan fingerprint density at radius 2 is 1.90 bits per heavy atom. The average molecular weight is 287 g/mol. The molecule has 5 heteroatoms. The molecule has 2 N–H and O–H groups in total. The van der Waals surface area contributed by atoms with Crippen molar-refractivity contribution in [1.29, 1.82) is 0 Å². The molecule has 2 rings (SSSR count). The Kier molecular flexibility index (Phi) is 4.62. The molecule has 112 valence electrons. The molecular weight excluding hydrogens is 266 g/mol. The molecule has 0 saturated heterocycles. The molecular formula is C16H21N3O2. The van der Waals surface area contributed by atoms with E-state index in [1.807, 2.05) is 23.6 Å². The Morgan fingerprint density at radius 3 is 2.48 bits per heavy atom. The second-order valence-electron chi connectivity index (χ2n) is 4.82. The van der Waals surface area contributed by atoms with Crippen LogP contribution in [-0.4, -0.2) is 22.6 Å². The normalized spacial score (nSPS) is 10.6. The molecule has 0 aliphatic carbocycles. The van der Waals surface area contributed by atoms with E-state index in [0.29, 0.717) is 18.8 Å². The first-order chi connectivity index (χ1) is 10.1. The number of imidazole rings is 1. The van der Waals surface area contributed by atoms with E-state index >= 15 is 0 Å². The van der Waals surface area contributed by atoms with Crippen molar-refractivity contribution >= 4 is 11.8 Å². The highest BCUT2D eigenvalue weighted by atomic mass is 16.5. The summed E-state index contributed by atoms with van der Waals surface area (Å²) in [6, 6.07) is 8.22. The van der Waals surface area contributed by atoms with Gasteiger partial charge in [0.15, 0.2) is 5.69 Å². The maximum absolute atomic E-state index is 11.7. The van der Waals surface area contributed by atoms with Gasteiger partial charge in [-0.1, -0.05) is 38.1 Å². The first-order valence-corrected chi connectivity index (χ1v) is 7.12. The second kappa shape index (κ2) is 6.43.